The second-order valence-electron chi connectivity index (χ2n) is 5.71. The number of rotatable bonds is 5. The minimum atomic E-state index is 0.0654. The molecule has 0 unspecified atom stereocenters. The van der Waals surface area contributed by atoms with Gasteiger partial charge in [-0.3, -0.25) is 4.90 Å². The maximum atomic E-state index is 9.12. The third-order valence-corrected chi connectivity index (χ3v) is 5.35. The molecule has 0 aromatic carbocycles. The molecule has 4 heterocycles. The van der Waals surface area contributed by atoms with Gasteiger partial charge in [0.1, 0.15) is 10.6 Å². The lowest BCUT2D eigenvalue weighted by Gasteiger charge is -2.26. The van der Waals surface area contributed by atoms with Crippen LogP contribution in [0.2, 0.25) is 0 Å². The van der Waals surface area contributed by atoms with Gasteiger partial charge in [0, 0.05) is 24.5 Å². The van der Waals surface area contributed by atoms with Gasteiger partial charge in [-0.15, -0.1) is 11.3 Å². The summed E-state index contributed by atoms with van der Waals surface area (Å²) < 4.78 is 1.71. The van der Waals surface area contributed by atoms with Crippen LogP contribution in [0.3, 0.4) is 0 Å². The highest BCUT2D eigenvalue weighted by Crippen LogP contribution is 2.38. The van der Waals surface area contributed by atoms with Gasteiger partial charge in [0.2, 0.25) is 0 Å². The zero-order valence-electron chi connectivity index (χ0n) is 13.0. The van der Waals surface area contributed by atoms with E-state index in [1.165, 1.54) is 16.9 Å². The number of nitrogens with one attached hydrogen (secondary N) is 1. The molecule has 0 radical (unpaired) electrons. The van der Waals surface area contributed by atoms with Crippen LogP contribution >= 0.6 is 11.3 Å². The molecule has 8 nitrogen and oxygen atoms in total. The van der Waals surface area contributed by atoms with Gasteiger partial charge < -0.3 is 10.4 Å². The average molecular weight is 333 g/mol. The number of aromatic nitrogens is 5. The van der Waals surface area contributed by atoms with Crippen LogP contribution in [-0.2, 0) is 13.0 Å². The Morgan fingerprint density at radius 2 is 2.30 bits per heavy atom. The van der Waals surface area contributed by atoms with Gasteiger partial charge in [-0.25, -0.2) is 0 Å². The van der Waals surface area contributed by atoms with Crippen LogP contribution in [0.25, 0.3) is 16.0 Å². The van der Waals surface area contributed by atoms with Crippen LogP contribution < -0.4 is 5.32 Å². The van der Waals surface area contributed by atoms with Crippen LogP contribution in [0, 0.1) is 0 Å². The van der Waals surface area contributed by atoms with Gasteiger partial charge in [-0.2, -0.15) is 9.50 Å². The van der Waals surface area contributed by atoms with Crippen molar-refractivity contribution >= 4 is 33.1 Å². The highest BCUT2D eigenvalue weighted by molar-refractivity contribution is 7.19. The van der Waals surface area contributed by atoms with Crippen molar-refractivity contribution in [1.82, 2.24) is 29.9 Å². The van der Waals surface area contributed by atoms with Crippen molar-refractivity contribution in [3.63, 3.8) is 0 Å². The second-order valence-corrected chi connectivity index (χ2v) is 6.80. The number of aliphatic hydroxyl groups excluding tert-OH is 1. The zero-order valence-corrected chi connectivity index (χ0v) is 13.8. The normalized spacial score (nSPS) is 15.4. The molecule has 0 spiro atoms. The standard InChI is InChI=1S/C14H19N7OS/c1-2-5-20-6-3-9-10(8-20)23-13-11(9)12(15-4-7-22)16-14-17-18-19-21(13)14/h22H,2-8H2,1H3,(H,15,16,17,19). The third kappa shape index (κ3) is 2.44. The molecule has 3 aromatic heterocycles. The largest absolute Gasteiger partial charge is 0.395 e. The molecule has 0 amide bonds. The zero-order chi connectivity index (χ0) is 15.8. The van der Waals surface area contributed by atoms with E-state index in [0.717, 1.165) is 42.1 Å². The van der Waals surface area contributed by atoms with Crippen molar-refractivity contribution in [3.05, 3.63) is 10.4 Å². The number of anilines is 1. The minimum absolute atomic E-state index is 0.0654. The van der Waals surface area contributed by atoms with E-state index in [-0.39, 0.29) is 6.61 Å². The molecule has 23 heavy (non-hydrogen) atoms. The fourth-order valence-electron chi connectivity index (χ4n) is 3.18. The summed E-state index contributed by atoms with van der Waals surface area (Å²) in [6.45, 7) is 5.92. The number of hydrogen-bond acceptors (Lipinski definition) is 8. The molecule has 4 rings (SSSR count). The molecule has 9 heteroatoms. The number of aliphatic hydroxyl groups is 1. The second kappa shape index (κ2) is 5.99. The predicted octanol–water partition coefficient (Wildman–Crippen LogP) is 0.906. The van der Waals surface area contributed by atoms with E-state index in [9.17, 15) is 0 Å². The first-order valence-corrected chi connectivity index (χ1v) is 8.73. The van der Waals surface area contributed by atoms with E-state index in [2.05, 4.69) is 37.6 Å². The summed E-state index contributed by atoms with van der Waals surface area (Å²) in [5.74, 6) is 1.26. The molecule has 3 aromatic rings. The van der Waals surface area contributed by atoms with Crippen LogP contribution in [0.1, 0.15) is 23.8 Å². The lowest BCUT2D eigenvalue weighted by Crippen LogP contribution is -2.30. The monoisotopic (exact) mass is 333 g/mol. The Balaban J connectivity index is 1.87. The summed E-state index contributed by atoms with van der Waals surface area (Å²) in [5, 5.41) is 25.2. The number of hydrogen-bond donors (Lipinski definition) is 2. The summed E-state index contributed by atoms with van der Waals surface area (Å²) in [6.07, 6.45) is 2.18. The lowest BCUT2D eigenvalue weighted by atomic mass is 10.0. The molecule has 0 aliphatic carbocycles. The first kappa shape index (κ1) is 14.7. The van der Waals surface area contributed by atoms with Gasteiger partial charge in [0.25, 0.3) is 5.78 Å². The van der Waals surface area contributed by atoms with Crippen LogP contribution in [0.4, 0.5) is 5.82 Å². The smallest absolute Gasteiger partial charge is 0.276 e. The van der Waals surface area contributed by atoms with E-state index in [1.54, 1.807) is 15.9 Å². The summed E-state index contributed by atoms with van der Waals surface area (Å²) in [7, 11) is 0. The van der Waals surface area contributed by atoms with Crippen molar-refractivity contribution in [2.45, 2.75) is 26.3 Å². The van der Waals surface area contributed by atoms with Crippen LogP contribution in [0.15, 0.2) is 0 Å². The lowest BCUT2D eigenvalue weighted by molar-refractivity contribution is 0.258. The molecule has 122 valence electrons. The quantitative estimate of drug-likeness (QED) is 0.717. The van der Waals surface area contributed by atoms with Crippen LogP contribution in [-0.4, -0.2) is 61.3 Å². The first-order chi connectivity index (χ1) is 11.3. The fraction of sp³-hybridized carbons (Fsp3) is 0.571. The fourth-order valence-corrected chi connectivity index (χ4v) is 4.52. The highest BCUT2D eigenvalue weighted by atomic mass is 32.1. The van der Waals surface area contributed by atoms with E-state index in [4.69, 9.17) is 5.11 Å². The summed E-state index contributed by atoms with van der Waals surface area (Å²) in [4.78, 5) is 9.43. The molecule has 0 bridgehead atoms. The molecule has 1 aliphatic rings. The Morgan fingerprint density at radius 3 is 3.13 bits per heavy atom. The van der Waals surface area contributed by atoms with Crippen LogP contribution in [0.5, 0.6) is 0 Å². The van der Waals surface area contributed by atoms with E-state index < -0.39 is 0 Å². The van der Waals surface area contributed by atoms with E-state index in [1.807, 2.05) is 0 Å². The Kier molecular flexibility index (Phi) is 3.83. The van der Waals surface area contributed by atoms with Gasteiger partial charge in [-0.1, -0.05) is 12.0 Å². The van der Waals surface area contributed by atoms with Gasteiger partial charge in [-0.05, 0) is 35.4 Å². The Hall–Kier alpha value is -1.84. The maximum absolute atomic E-state index is 9.12. The third-order valence-electron chi connectivity index (χ3n) is 4.16. The average Bonchev–Trinajstić information content (AvgIpc) is 3.16. The Bertz CT molecular complexity index is 842. The first-order valence-electron chi connectivity index (χ1n) is 7.91. The number of fused-ring (bicyclic) bond motifs is 5. The molecule has 0 saturated carbocycles. The Morgan fingerprint density at radius 1 is 1.39 bits per heavy atom. The summed E-state index contributed by atoms with van der Waals surface area (Å²) >= 11 is 1.75. The van der Waals surface area contributed by atoms with E-state index >= 15 is 0 Å². The van der Waals surface area contributed by atoms with Crippen molar-refractivity contribution < 1.29 is 5.11 Å². The number of tetrazole rings is 1. The summed E-state index contributed by atoms with van der Waals surface area (Å²) in [5.41, 5.74) is 1.35. The molecular formula is C14H19N7OS. The van der Waals surface area contributed by atoms with Crippen molar-refractivity contribution in [1.29, 1.82) is 0 Å². The molecule has 2 N–H and O–H groups in total. The summed E-state index contributed by atoms with van der Waals surface area (Å²) in [6, 6.07) is 0. The molecule has 1 aliphatic heterocycles. The maximum Gasteiger partial charge on any atom is 0.276 e. The number of thiophene rings is 1. The SMILES string of the molecule is CCCN1CCc2c(sc3c2c(NCCO)nc2nnnn23)C1. The molecular weight excluding hydrogens is 314 g/mol. The topological polar surface area (TPSA) is 91.5 Å². The molecule has 0 saturated heterocycles. The van der Waals surface area contributed by atoms with Gasteiger partial charge in [0.15, 0.2) is 0 Å². The van der Waals surface area contributed by atoms with Crippen molar-refractivity contribution in [3.8, 4) is 0 Å². The van der Waals surface area contributed by atoms with E-state index in [0.29, 0.717) is 12.3 Å². The van der Waals surface area contributed by atoms with Gasteiger partial charge in [0.05, 0.1) is 12.0 Å². The highest BCUT2D eigenvalue weighted by Gasteiger charge is 2.25. The Labute approximate surface area is 137 Å². The minimum Gasteiger partial charge on any atom is -0.395 e. The molecule has 0 fully saturated rings. The predicted molar refractivity (Wildman–Crippen MR) is 88.8 cm³/mol. The van der Waals surface area contributed by atoms with Crippen molar-refractivity contribution in [2.24, 2.45) is 0 Å². The van der Waals surface area contributed by atoms with Crippen molar-refractivity contribution in [2.75, 3.05) is 31.6 Å². The van der Waals surface area contributed by atoms with Gasteiger partial charge >= 0.3 is 0 Å². The molecule has 0 atom stereocenters. The number of nitrogens with zero attached hydrogens (tertiary/aromatic N) is 6.